The zero-order valence-electron chi connectivity index (χ0n) is 10.2. The molecule has 0 amide bonds. The van der Waals surface area contributed by atoms with E-state index in [-0.39, 0.29) is 0 Å². The van der Waals surface area contributed by atoms with Gasteiger partial charge in [-0.25, -0.2) is 0 Å². The molecule has 2 fully saturated rings. The number of nitrogens with two attached hydrogens (primary N) is 1. The van der Waals surface area contributed by atoms with Crippen LogP contribution in [0.1, 0.15) is 51.4 Å². The second kappa shape index (κ2) is 6.87. The molecule has 0 saturated carbocycles. The first-order chi connectivity index (χ1) is 7.86. The zero-order valence-corrected chi connectivity index (χ0v) is 11.0. The first-order valence-corrected chi connectivity index (χ1v) is 7.90. The molecule has 2 saturated heterocycles. The van der Waals surface area contributed by atoms with Crippen molar-refractivity contribution in [2.75, 3.05) is 12.4 Å². The molecule has 0 aromatic rings. The van der Waals surface area contributed by atoms with E-state index in [0.717, 1.165) is 11.9 Å². The third-order valence-electron chi connectivity index (χ3n) is 3.78. The van der Waals surface area contributed by atoms with E-state index in [1.165, 1.54) is 57.1 Å². The van der Waals surface area contributed by atoms with Crippen molar-refractivity contribution in [3.8, 4) is 0 Å². The van der Waals surface area contributed by atoms with Crippen molar-refractivity contribution in [1.29, 1.82) is 0 Å². The van der Waals surface area contributed by atoms with Gasteiger partial charge in [0.2, 0.25) is 0 Å². The number of rotatable bonds is 5. The van der Waals surface area contributed by atoms with E-state index in [0.29, 0.717) is 12.1 Å². The van der Waals surface area contributed by atoms with Gasteiger partial charge < -0.3 is 10.5 Å². The van der Waals surface area contributed by atoms with E-state index >= 15 is 0 Å². The Morgan fingerprint density at radius 1 is 1.25 bits per heavy atom. The topological polar surface area (TPSA) is 35.2 Å². The van der Waals surface area contributed by atoms with Gasteiger partial charge in [0.15, 0.2) is 0 Å². The van der Waals surface area contributed by atoms with Crippen molar-refractivity contribution in [2.45, 2.75) is 68.8 Å². The molecule has 2 aliphatic heterocycles. The van der Waals surface area contributed by atoms with Crippen LogP contribution in [0.3, 0.4) is 0 Å². The Hall–Kier alpha value is 0.270. The third kappa shape index (κ3) is 3.94. The van der Waals surface area contributed by atoms with Gasteiger partial charge in [-0.2, -0.15) is 11.8 Å². The average Bonchev–Trinajstić information content (AvgIpc) is 2.83. The Kier molecular flexibility index (Phi) is 5.46. The molecule has 2 aliphatic rings. The van der Waals surface area contributed by atoms with Gasteiger partial charge in [-0.15, -0.1) is 0 Å². The van der Waals surface area contributed by atoms with Crippen molar-refractivity contribution in [3.05, 3.63) is 0 Å². The maximum atomic E-state index is 6.27. The molecule has 2 rings (SSSR count). The Balaban J connectivity index is 1.57. The summed E-state index contributed by atoms with van der Waals surface area (Å²) in [5.74, 6) is 1.32. The molecular formula is C13H25NOS. The molecule has 16 heavy (non-hydrogen) atoms. The van der Waals surface area contributed by atoms with Gasteiger partial charge in [0.1, 0.15) is 0 Å². The molecule has 0 aromatic heterocycles. The molecule has 2 N–H and O–H groups in total. The summed E-state index contributed by atoms with van der Waals surface area (Å²) in [5.41, 5.74) is 6.27. The molecule has 3 heteroatoms. The molecule has 0 aliphatic carbocycles. The zero-order chi connectivity index (χ0) is 11.2. The second-order valence-electron chi connectivity index (χ2n) is 5.13. The van der Waals surface area contributed by atoms with Crippen LogP contribution in [0.2, 0.25) is 0 Å². The van der Waals surface area contributed by atoms with Gasteiger partial charge in [-0.1, -0.05) is 6.42 Å². The van der Waals surface area contributed by atoms with Crippen LogP contribution in [0.25, 0.3) is 0 Å². The molecule has 2 nitrogen and oxygen atoms in total. The van der Waals surface area contributed by atoms with Gasteiger partial charge >= 0.3 is 0 Å². The standard InChI is InChI=1S/C13H25NOS/c14-12(13-8-1-2-10-16-13)7-3-5-11-6-4-9-15-11/h11-13H,1-10,14H2. The van der Waals surface area contributed by atoms with Crippen LogP contribution in [0.4, 0.5) is 0 Å². The van der Waals surface area contributed by atoms with Crippen molar-refractivity contribution in [1.82, 2.24) is 0 Å². The minimum absolute atomic E-state index is 0.423. The maximum absolute atomic E-state index is 6.27. The minimum atomic E-state index is 0.423. The van der Waals surface area contributed by atoms with E-state index in [4.69, 9.17) is 10.5 Å². The number of ether oxygens (including phenoxy) is 1. The van der Waals surface area contributed by atoms with Crippen molar-refractivity contribution >= 4 is 11.8 Å². The first kappa shape index (κ1) is 12.7. The molecule has 0 radical (unpaired) electrons. The number of hydrogen-bond donors (Lipinski definition) is 1. The summed E-state index contributed by atoms with van der Waals surface area (Å²) in [6.45, 7) is 0.981. The smallest absolute Gasteiger partial charge is 0.0576 e. The minimum Gasteiger partial charge on any atom is -0.378 e. The van der Waals surface area contributed by atoms with Crippen LogP contribution in [-0.4, -0.2) is 29.8 Å². The molecule has 0 bridgehead atoms. The third-order valence-corrected chi connectivity index (χ3v) is 5.32. The lowest BCUT2D eigenvalue weighted by molar-refractivity contribution is 0.101. The fourth-order valence-corrected chi connectivity index (χ4v) is 4.13. The van der Waals surface area contributed by atoms with E-state index < -0.39 is 0 Å². The maximum Gasteiger partial charge on any atom is 0.0576 e. The fourth-order valence-electron chi connectivity index (χ4n) is 2.74. The number of hydrogen-bond acceptors (Lipinski definition) is 3. The summed E-state index contributed by atoms with van der Waals surface area (Å²) in [5, 5.41) is 0.734. The molecule has 0 spiro atoms. The first-order valence-electron chi connectivity index (χ1n) is 6.85. The quantitative estimate of drug-likeness (QED) is 0.806. The van der Waals surface area contributed by atoms with Gasteiger partial charge in [0.05, 0.1) is 6.10 Å². The van der Waals surface area contributed by atoms with Crippen molar-refractivity contribution in [2.24, 2.45) is 5.73 Å². The second-order valence-corrected chi connectivity index (χ2v) is 6.48. The summed E-state index contributed by atoms with van der Waals surface area (Å²) in [6, 6.07) is 0.423. The molecule has 3 atom stereocenters. The van der Waals surface area contributed by atoms with Gasteiger partial charge in [-0.3, -0.25) is 0 Å². The van der Waals surface area contributed by atoms with Crippen LogP contribution < -0.4 is 5.73 Å². The van der Waals surface area contributed by atoms with Gasteiger partial charge in [0, 0.05) is 17.9 Å². The summed E-state index contributed by atoms with van der Waals surface area (Å²) in [4.78, 5) is 0. The summed E-state index contributed by atoms with van der Waals surface area (Å²) in [6.07, 6.45) is 10.9. The van der Waals surface area contributed by atoms with E-state index in [1.807, 2.05) is 0 Å². The van der Waals surface area contributed by atoms with Crippen LogP contribution in [0.5, 0.6) is 0 Å². The molecule has 0 aromatic carbocycles. The lowest BCUT2D eigenvalue weighted by Gasteiger charge is -2.27. The predicted molar refractivity (Wildman–Crippen MR) is 70.9 cm³/mol. The van der Waals surface area contributed by atoms with Crippen LogP contribution in [-0.2, 0) is 4.74 Å². The lowest BCUT2D eigenvalue weighted by Crippen LogP contribution is -2.34. The Labute approximate surface area is 104 Å². The largest absolute Gasteiger partial charge is 0.378 e. The van der Waals surface area contributed by atoms with Crippen molar-refractivity contribution < 1.29 is 4.74 Å². The van der Waals surface area contributed by atoms with Gasteiger partial charge in [-0.05, 0) is 50.7 Å². The van der Waals surface area contributed by atoms with Crippen LogP contribution >= 0.6 is 11.8 Å². The van der Waals surface area contributed by atoms with Crippen LogP contribution in [0.15, 0.2) is 0 Å². The summed E-state index contributed by atoms with van der Waals surface area (Å²) < 4.78 is 5.63. The van der Waals surface area contributed by atoms with Crippen molar-refractivity contribution in [3.63, 3.8) is 0 Å². The summed E-state index contributed by atoms with van der Waals surface area (Å²) >= 11 is 2.10. The van der Waals surface area contributed by atoms with E-state index in [2.05, 4.69) is 11.8 Å². The highest BCUT2D eigenvalue weighted by Crippen LogP contribution is 2.29. The highest BCUT2D eigenvalue weighted by atomic mass is 32.2. The fraction of sp³-hybridized carbons (Fsp3) is 1.00. The van der Waals surface area contributed by atoms with E-state index in [1.54, 1.807) is 0 Å². The lowest BCUT2D eigenvalue weighted by atomic mass is 10.0. The monoisotopic (exact) mass is 243 g/mol. The molecule has 2 heterocycles. The van der Waals surface area contributed by atoms with E-state index in [9.17, 15) is 0 Å². The Bertz CT molecular complexity index is 188. The van der Waals surface area contributed by atoms with Crippen LogP contribution in [0, 0.1) is 0 Å². The summed E-state index contributed by atoms with van der Waals surface area (Å²) in [7, 11) is 0. The molecular weight excluding hydrogens is 218 g/mol. The highest BCUT2D eigenvalue weighted by Gasteiger charge is 2.21. The Morgan fingerprint density at radius 3 is 2.88 bits per heavy atom. The normalized spacial score (nSPS) is 32.8. The average molecular weight is 243 g/mol. The Morgan fingerprint density at radius 2 is 2.19 bits per heavy atom. The molecule has 3 unspecified atom stereocenters. The SMILES string of the molecule is NC(CCCC1CCCO1)C1CCCCS1. The molecule has 94 valence electrons. The predicted octanol–water partition coefficient (Wildman–Crippen LogP) is 2.95. The van der Waals surface area contributed by atoms with Gasteiger partial charge in [0.25, 0.3) is 0 Å². The number of thioether (sulfide) groups is 1. The highest BCUT2D eigenvalue weighted by molar-refractivity contribution is 8.00.